The van der Waals surface area contributed by atoms with Gasteiger partial charge in [-0.2, -0.15) is 4.80 Å². The van der Waals surface area contributed by atoms with E-state index < -0.39 is 0 Å². The van der Waals surface area contributed by atoms with Gasteiger partial charge in [0.15, 0.2) is 0 Å². The van der Waals surface area contributed by atoms with Crippen LogP contribution in [0.1, 0.15) is 30.5 Å². The summed E-state index contributed by atoms with van der Waals surface area (Å²) in [5.74, 6) is -0.215. The minimum Gasteiger partial charge on any atom is -0.372 e. The molecule has 1 amide bonds. The Labute approximate surface area is 204 Å². The number of aryl methyl sites for hydroxylation is 2. The third-order valence-electron chi connectivity index (χ3n) is 5.81. The molecule has 0 atom stereocenters. The molecule has 4 rings (SSSR count). The Bertz CT molecular complexity index is 1350. The molecule has 0 saturated carbocycles. The Hall–Kier alpha value is -3.64. The van der Waals surface area contributed by atoms with Crippen molar-refractivity contribution in [3.63, 3.8) is 0 Å². The summed E-state index contributed by atoms with van der Waals surface area (Å²) in [5, 5.41) is 13.0. The summed E-state index contributed by atoms with van der Waals surface area (Å²) in [4.78, 5) is 16.5. The van der Waals surface area contributed by atoms with Crippen molar-refractivity contribution in [2.75, 3.05) is 23.3 Å². The lowest BCUT2D eigenvalue weighted by Crippen LogP contribution is -2.21. The number of amides is 1. The van der Waals surface area contributed by atoms with Crippen molar-refractivity contribution in [2.45, 2.75) is 27.7 Å². The molecule has 0 aliphatic heterocycles. The fourth-order valence-corrected chi connectivity index (χ4v) is 4.01. The molecule has 6 nitrogen and oxygen atoms in total. The highest BCUT2D eigenvalue weighted by Gasteiger charge is 2.12. The van der Waals surface area contributed by atoms with E-state index in [-0.39, 0.29) is 5.91 Å². The molecule has 34 heavy (non-hydrogen) atoms. The quantitative estimate of drug-likeness (QED) is 0.325. The second-order valence-electron chi connectivity index (χ2n) is 8.16. The number of nitrogens with one attached hydrogen (secondary N) is 1. The van der Waals surface area contributed by atoms with Crippen molar-refractivity contribution in [1.29, 1.82) is 0 Å². The molecule has 0 bridgehead atoms. The molecule has 0 aliphatic carbocycles. The van der Waals surface area contributed by atoms with E-state index in [1.54, 1.807) is 23.0 Å². The van der Waals surface area contributed by atoms with Crippen LogP contribution >= 0.6 is 11.6 Å². The van der Waals surface area contributed by atoms with Crippen LogP contribution in [0.3, 0.4) is 0 Å². The summed E-state index contributed by atoms with van der Waals surface area (Å²) in [5.41, 5.74) is 7.24. The van der Waals surface area contributed by atoms with Gasteiger partial charge in [-0.15, -0.1) is 10.2 Å². The molecule has 3 aromatic carbocycles. The van der Waals surface area contributed by atoms with E-state index in [1.165, 1.54) is 11.8 Å². The zero-order valence-electron chi connectivity index (χ0n) is 19.8. The van der Waals surface area contributed by atoms with Crippen LogP contribution in [0.15, 0.2) is 60.7 Å². The largest absolute Gasteiger partial charge is 0.372 e. The average Bonchev–Trinajstić information content (AvgIpc) is 3.22. The number of rotatable bonds is 7. The highest BCUT2D eigenvalue weighted by atomic mass is 35.5. The number of benzene rings is 3. The van der Waals surface area contributed by atoms with Crippen molar-refractivity contribution >= 4 is 46.0 Å². The van der Waals surface area contributed by atoms with Crippen LogP contribution in [0, 0.1) is 13.8 Å². The van der Waals surface area contributed by atoms with E-state index in [9.17, 15) is 4.79 Å². The maximum atomic E-state index is 12.5. The molecule has 1 N–H and O–H groups in total. The number of nitrogens with zero attached hydrogens (tertiary/aromatic N) is 4. The first-order valence-electron chi connectivity index (χ1n) is 11.4. The van der Waals surface area contributed by atoms with Crippen molar-refractivity contribution in [3.05, 3.63) is 82.4 Å². The first-order chi connectivity index (χ1) is 16.4. The Kier molecular flexibility index (Phi) is 6.98. The molecule has 7 heteroatoms. The van der Waals surface area contributed by atoms with Crippen molar-refractivity contribution < 1.29 is 4.79 Å². The number of fused-ring (bicyclic) bond motifs is 1. The van der Waals surface area contributed by atoms with Crippen LogP contribution in [-0.4, -0.2) is 34.0 Å². The van der Waals surface area contributed by atoms with Crippen molar-refractivity contribution in [1.82, 2.24) is 15.0 Å². The van der Waals surface area contributed by atoms with Crippen LogP contribution in [0.2, 0.25) is 5.02 Å². The minimum atomic E-state index is -0.215. The van der Waals surface area contributed by atoms with Gasteiger partial charge in [-0.25, -0.2) is 0 Å². The molecule has 1 heterocycles. The molecule has 174 valence electrons. The Balaban J connectivity index is 1.56. The van der Waals surface area contributed by atoms with E-state index in [2.05, 4.69) is 59.4 Å². The Morgan fingerprint density at radius 1 is 0.971 bits per heavy atom. The standard InChI is InChI=1S/C27H28ClN5O/c1-5-32(6-2)22-12-13-26(19(4)15-22)33-30-24-16-18(3)23(17-25(24)31-33)29-27(34)14-9-20-7-10-21(28)11-8-20/h7-17H,5-6H2,1-4H3,(H,29,34)/b14-9+. The van der Waals surface area contributed by atoms with Crippen LogP contribution in [0.25, 0.3) is 22.8 Å². The minimum absolute atomic E-state index is 0.215. The van der Waals surface area contributed by atoms with Gasteiger partial charge in [0.25, 0.3) is 0 Å². The fourth-order valence-electron chi connectivity index (χ4n) is 3.88. The number of hydrogen-bond donors (Lipinski definition) is 1. The van der Waals surface area contributed by atoms with Gasteiger partial charge < -0.3 is 10.2 Å². The topological polar surface area (TPSA) is 63.1 Å². The lowest BCUT2D eigenvalue weighted by Gasteiger charge is -2.22. The normalized spacial score (nSPS) is 11.3. The number of halogens is 1. The molecule has 0 radical (unpaired) electrons. The summed E-state index contributed by atoms with van der Waals surface area (Å²) < 4.78 is 0. The number of aromatic nitrogens is 3. The molecule has 0 fully saturated rings. The van der Waals surface area contributed by atoms with Crippen LogP contribution in [0.4, 0.5) is 11.4 Å². The van der Waals surface area contributed by atoms with Gasteiger partial charge in [0, 0.05) is 35.6 Å². The molecule has 0 spiro atoms. The van der Waals surface area contributed by atoms with Gasteiger partial charge in [0.2, 0.25) is 5.91 Å². The first kappa shape index (κ1) is 23.5. The molecular weight excluding hydrogens is 446 g/mol. The fraction of sp³-hybridized carbons (Fsp3) is 0.222. The maximum Gasteiger partial charge on any atom is 0.248 e. The molecule has 0 aliphatic rings. The highest BCUT2D eigenvalue weighted by Crippen LogP contribution is 2.25. The van der Waals surface area contributed by atoms with Gasteiger partial charge in [-0.1, -0.05) is 23.7 Å². The van der Waals surface area contributed by atoms with Gasteiger partial charge in [-0.3, -0.25) is 4.79 Å². The number of hydrogen-bond acceptors (Lipinski definition) is 4. The highest BCUT2D eigenvalue weighted by molar-refractivity contribution is 6.30. The second-order valence-corrected chi connectivity index (χ2v) is 8.60. The van der Waals surface area contributed by atoms with Gasteiger partial charge in [0.05, 0.1) is 5.69 Å². The van der Waals surface area contributed by atoms with Gasteiger partial charge in [-0.05, 0) is 92.9 Å². The summed E-state index contributed by atoms with van der Waals surface area (Å²) in [7, 11) is 0. The van der Waals surface area contributed by atoms with Gasteiger partial charge in [0.1, 0.15) is 11.0 Å². The van der Waals surface area contributed by atoms with Crippen molar-refractivity contribution in [3.8, 4) is 5.69 Å². The van der Waals surface area contributed by atoms with Crippen LogP contribution < -0.4 is 10.2 Å². The maximum absolute atomic E-state index is 12.5. The monoisotopic (exact) mass is 473 g/mol. The predicted octanol–water partition coefficient (Wildman–Crippen LogP) is 6.19. The zero-order valence-corrected chi connectivity index (χ0v) is 20.6. The van der Waals surface area contributed by atoms with Gasteiger partial charge >= 0.3 is 0 Å². The zero-order chi connectivity index (χ0) is 24.2. The van der Waals surface area contributed by atoms with E-state index in [1.807, 2.05) is 31.2 Å². The Morgan fingerprint density at radius 3 is 2.29 bits per heavy atom. The molecule has 0 saturated heterocycles. The lowest BCUT2D eigenvalue weighted by atomic mass is 10.1. The summed E-state index contributed by atoms with van der Waals surface area (Å²) in [6.45, 7) is 10.2. The molecule has 1 aromatic heterocycles. The Morgan fingerprint density at radius 2 is 1.65 bits per heavy atom. The smallest absolute Gasteiger partial charge is 0.248 e. The first-order valence-corrected chi connectivity index (χ1v) is 11.7. The number of carbonyl (C=O) groups is 1. The van der Waals surface area contributed by atoms with E-state index in [0.717, 1.165) is 46.5 Å². The average molecular weight is 474 g/mol. The second kappa shape index (κ2) is 10.1. The number of carbonyl (C=O) groups excluding carboxylic acids is 1. The van der Waals surface area contributed by atoms with E-state index in [0.29, 0.717) is 10.7 Å². The summed E-state index contributed by atoms with van der Waals surface area (Å²) in [6.07, 6.45) is 3.25. The molecular formula is C27H28ClN5O. The molecule has 0 unspecified atom stereocenters. The van der Waals surface area contributed by atoms with Crippen LogP contribution in [-0.2, 0) is 4.79 Å². The van der Waals surface area contributed by atoms with Crippen LogP contribution in [0.5, 0.6) is 0 Å². The van der Waals surface area contributed by atoms with Crippen molar-refractivity contribution in [2.24, 2.45) is 0 Å². The molecule has 4 aromatic rings. The van der Waals surface area contributed by atoms with E-state index >= 15 is 0 Å². The number of anilines is 2. The predicted molar refractivity (Wildman–Crippen MR) is 141 cm³/mol. The van der Waals surface area contributed by atoms with E-state index in [4.69, 9.17) is 11.6 Å². The third kappa shape index (κ3) is 5.13. The summed E-state index contributed by atoms with van der Waals surface area (Å²) in [6, 6.07) is 17.4. The third-order valence-corrected chi connectivity index (χ3v) is 6.06. The lowest BCUT2D eigenvalue weighted by molar-refractivity contribution is -0.111. The SMILES string of the molecule is CCN(CC)c1ccc(-n2nc3cc(C)c(NC(=O)/C=C/c4ccc(Cl)cc4)cc3n2)c(C)c1. The summed E-state index contributed by atoms with van der Waals surface area (Å²) >= 11 is 5.91.